The maximum Gasteiger partial charge on any atom is 0.349 e. The summed E-state index contributed by atoms with van der Waals surface area (Å²) >= 11 is 0. The van der Waals surface area contributed by atoms with Crippen LogP contribution in [-0.4, -0.2) is 55.9 Å². The average Bonchev–Trinajstić information content (AvgIpc) is 2.60. The molecule has 1 aromatic heterocycles. The highest BCUT2D eigenvalue weighted by atomic mass is 19.0. The van der Waals surface area contributed by atoms with E-state index in [-0.39, 0.29) is 26.5 Å². The van der Waals surface area contributed by atoms with Gasteiger partial charge >= 0.3 is 5.69 Å². The minimum absolute atomic E-state index is 0. The lowest BCUT2D eigenvalue weighted by Crippen LogP contribution is -2.37. The summed E-state index contributed by atoms with van der Waals surface area (Å²) in [6, 6.07) is 1.45. The van der Waals surface area contributed by atoms with Gasteiger partial charge in [-0.05, 0) is 6.07 Å². The van der Waals surface area contributed by atoms with Gasteiger partial charge in [0.15, 0.2) is 0 Å². The second kappa shape index (κ2) is 8.56. The first-order valence-corrected chi connectivity index (χ1v) is 5.48. The largest absolute Gasteiger partial charge is 0.394 e. The summed E-state index contributed by atoms with van der Waals surface area (Å²) in [5, 5.41) is 28.2. The molecule has 0 spiro atoms. The Bertz CT molecular complexity index is 489. The molecule has 1 saturated heterocycles. The number of nitrogens with zero attached hydrogens (tertiary/aromatic N) is 2. The standard InChI is InChI=1S/C10H15N3O5.3FH/c11-7-1-2-13(10(17)12-7)3-5-8(15)9(16)6(4-14)18-5;;;/h1-2,5-6,8-9,14-16H,3-4H2,(H2,11,12,17);3*1H/t5-,6+,8-,9+;;;/m0.../s1. The number of hydrogen-bond acceptors (Lipinski definition) is 7. The van der Waals surface area contributed by atoms with E-state index in [1.165, 1.54) is 16.8 Å². The van der Waals surface area contributed by atoms with Gasteiger partial charge < -0.3 is 25.8 Å². The minimum atomic E-state index is -1.17. The van der Waals surface area contributed by atoms with Crippen LogP contribution in [0, 0.1) is 0 Å². The summed E-state index contributed by atoms with van der Waals surface area (Å²) in [6.07, 6.45) is -2.52. The maximum atomic E-state index is 11.5. The van der Waals surface area contributed by atoms with Crippen molar-refractivity contribution in [1.29, 1.82) is 0 Å². The van der Waals surface area contributed by atoms with Gasteiger partial charge in [-0.1, -0.05) is 0 Å². The molecule has 2 heterocycles. The van der Waals surface area contributed by atoms with E-state index in [0.717, 1.165) is 0 Å². The van der Waals surface area contributed by atoms with Crippen LogP contribution in [0.15, 0.2) is 17.1 Å². The Hall–Kier alpha value is -1.69. The summed E-state index contributed by atoms with van der Waals surface area (Å²) in [7, 11) is 0. The quantitative estimate of drug-likeness (QED) is 0.496. The van der Waals surface area contributed by atoms with Crippen molar-refractivity contribution in [3.05, 3.63) is 22.7 Å². The van der Waals surface area contributed by atoms with Crippen LogP contribution >= 0.6 is 0 Å². The molecule has 0 amide bonds. The zero-order valence-electron chi connectivity index (χ0n) is 10.7. The number of rotatable bonds is 3. The van der Waals surface area contributed by atoms with Crippen LogP contribution < -0.4 is 11.4 Å². The fourth-order valence-electron chi connectivity index (χ4n) is 1.90. The Balaban J connectivity index is 0. The Morgan fingerprint density at radius 2 is 1.81 bits per heavy atom. The van der Waals surface area contributed by atoms with Crippen LogP contribution in [0.4, 0.5) is 19.9 Å². The van der Waals surface area contributed by atoms with E-state index in [1.807, 2.05) is 0 Å². The SMILES string of the molecule is F.F.F.Nc1ccn(C[C@@H]2O[C@H](CO)[C@@H](O)[C@H]2O)c(=O)n1. The van der Waals surface area contributed by atoms with E-state index in [1.54, 1.807) is 0 Å². The topological polar surface area (TPSA) is 131 Å². The molecule has 0 bridgehead atoms. The molecule has 8 nitrogen and oxygen atoms in total. The molecule has 0 unspecified atom stereocenters. The van der Waals surface area contributed by atoms with Crippen LogP contribution in [-0.2, 0) is 11.3 Å². The van der Waals surface area contributed by atoms with E-state index in [9.17, 15) is 15.0 Å². The van der Waals surface area contributed by atoms with Gasteiger partial charge in [-0.3, -0.25) is 18.7 Å². The second-order valence-corrected chi connectivity index (χ2v) is 4.16. The van der Waals surface area contributed by atoms with Crippen molar-refractivity contribution in [2.24, 2.45) is 0 Å². The van der Waals surface area contributed by atoms with E-state index in [2.05, 4.69) is 4.98 Å². The molecular weight excluding hydrogens is 299 g/mol. The predicted octanol–water partition coefficient (Wildman–Crippen LogP) is -2.24. The van der Waals surface area contributed by atoms with Crippen molar-refractivity contribution in [3.8, 4) is 0 Å². The molecule has 0 aliphatic carbocycles. The molecule has 0 aromatic carbocycles. The number of hydrogen-bond donors (Lipinski definition) is 4. The van der Waals surface area contributed by atoms with Crippen LogP contribution in [0.3, 0.4) is 0 Å². The molecule has 1 aliphatic rings. The number of nitrogen functional groups attached to an aromatic ring is 1. The highest BCUT2D eigenvalue weighted by Crippen LogP contribution is 2.21. The summed E-state index contributed by atoms with van der Waals surface area (Å²) in [5.74, 6) is 0.109. The Kier molecular flexibility index (Phi) is 8.81. The predicted molar refractivity (Wildman–Crippen MR) is 68.2 cm³/mol. The summed E-state index contributed by atoms with van der Waals surface area (Å²) in [5.41, 5.74) is 4.79. The van der Waals surface area contributed by atoms with Crippen molar-refractivity contribution in [2.75, 3.05) is 12.3 Å². The van der Waals surface area contributed by atoms with Crippen LogP contribution in [0.1, 0.15) is 0 Å². The molecule has 1 aromatic rings. The second-order valence-electron chi connectivity index (χ2n) is 4.16. The van der Waals surface area contributed by atoms with Gasteiger partial charge in [0.05, 0.1) is 13.2 Å². The maximum absolute atomic E-state index is 11.5. The number of aromatic nitrogens is 2. The first-order valence-electron chi connectivity index (χ1n) is 5.48. The molecule has 4 atom stereocenters. The fourth-order valence-corrected chi connectivity index (χ4v) is 1.90. The van der Waals surface area contributed by atoms with Gasteiger partial charge in [0.25, 0.3) is 0 Å². The monoisotopic (exact) mass is 317 g/mol. The first kappa shape index (κ1) is 21.6. The molecule has 124 valence electrons. The molecule has 1 aliphatic heterocycles. The molecule has 1 fully saturated rings. The highest BCUT2D eigenvalue weighted by Gasteiger charge is 2.42. The summed E-state index contributed by atoms with van der Waals surface area (Å²) < 4.78 is 6.47. The zero-order chi connectivity index (χ0) is 13.3. The fraction of sp³-hybridized carbons (Fsp3) is 0.600. The van der Waals surface area contributed by atoms with Gasteiger partial charge in [-0.2, -0.15) is 4.98 Å². The van der Waals surface area contributed by atoms with Crippen molar-refractivity contribution in [2.45, 2.75) is 31.0 Å². The van der Waals surface area contributed by atoms with Crippen LogP contribution in [0.5, 0.6) is 0 Å². The number of nitrogens with two attached hydrogens (primary N) is 1. The number of anilines is 1. The van der Waals surface area contributed by atoms with E-state index < -0.39 is 36.7 Å². The molecule has 11 heteroatoms. The molecular formula is C10H18F3N3O5. The van der Waals surface area contributed by atoms with Crippen molar-refractivity contribution < 1.29 is 34.2 Å². The smallest absolute Gasteiger partial charge is 0.349 e. The number of halogens is 3. The van der Waals surface area contributed by atoms with Crippen molar-refractivity contribution in [1.82, 2.24) is 9.55 Å². The molecule has 0 saturated carbocycles. The molecule has 21 heavy (non-hydrogen) atoms. The average molecular weight is 317 g/mol. The van der Waals surface area contributed by atoms with Crippen LogP contribution in [0.2, 0.25) is 0 Å². The minimum Gasteiger partial charge on any atom is -0.394 e. The Labute approximate surface area is 116 Å². The Morgan fingerprint density at radius 3 is 2.29 bits per heavy atom. The van der Waals surface area contributed by atoms with E-state index in [0.29, 0.717) is 0 Å². The Morgan fingerprint density at radius 1 is 1.24 bits per heavy atom. The van der Waals surface area contributed by atoms with Gasteiger partial charge in [0, 0.05) is 6.20 Å². The van der Waals surface area contributed by atoms with Crippen molar-refractivity contribution >= 4 is 5.82 Å². The van der Waals surface area contributed by atoms with Gasteiger partial charge in [-0.25, -0.2) is 4.79 Å². The number of aliphatic hydroxyl groups excluding tert-OH is 3. The van der Waals surface area contributed by atoms with Gasteiger partial charge in [-0.15, -0.1) is 0 Å². The summed E-state index contributed by atoms with van der Waals surface area (Å²) in [4.78, 5) is 15.0. The molecule has 5 N–H and O–H groups in total. The number of ether oxygens (including phenoxy) is 1. The van der Waals surface area contributed by atoms with Gasteiger partial charge in [0.1, 0.15) is 30.2 Å². The third-order valence-corrected chi connectivity index (χ3v) is 2.91. The first-order chi connectivity index (χ1) is 8.52. The lowest BCUT2D eigenvalue weighted by atomic mass is 10.1. The summed E-state index contributed by atoms with van der Waals surface area (Å²) in [6.45, 7) is -0.371. The molecule has 0 radical (unpaired) electrons. The lowest BCUT2D eigenvalue weighted by molar-refractivity contribution is -0.0269. The van der Waals surface area contributed by atoms with Gasteiger partial charge in [0.2, 0.25) is 0 Å². The normalized spacial score (nSPS) is 27.2. The van der Waals surface area contributed by atoms with E-state index >= 15 is 0 Å². The van der Waals surface area contributed by atoms with Crippen molar-refractivity contribution in [3.63, 3.8) is 0 Å². The molecule has 2 rings (SSSR count). The lowest BCUT2D eigenvalue weighted by Gasteiger charge is -2.15. The number of aliphatic hydroxyl groups is 3. The van der Waals surface area contributed by atoms with Crippen LogP contribution in [0.25, 0.3) is 0 Å². The third kappa shape index (κ3) is 4.39. The van der Waals surface area contributed by atoms with E-state index in [4.69, 9.17) is 15.6 Å². The zero-order valence-corrected chi connectivity index (χ0v) is 10.7. The highest BCUT2D eigenvalue weighted by molar-refractivity contribution is 5.23. The third-order valence-electron chi connectivity index (χ3n) is 2.91.